The summed E-state index contributed by atoms with van der Waals surface area (Å²) >= 11 is 0. The second kappa shape index (κ2) is 3.10. The number of aromatic nitrogens is 3. The van der Waals surface area contributed by atoms with E-state index in [1.807, 2.05) is 13.8 Å². The quantitative estimate of drug-likeness (QED) is 0.644. The van der Waals surface area contributed by atoms with Crippen molar-refractivity contribution in [3.63, 3.8) is 0 Å². The van der Waals surface area contributed by atoms with Gasteiger partial charge in [-0.3, -0.25) is 0 Å². The van der Waals surface area contributed by atoms with Crippen molar-refractivity contribution >= 4 is 5.95 Å². The van der Waals surface area contributed by atoms with E-state index < -0.39 is 0 Å². The maximum absolute atomic E-state index is 3.85. The maximum atomic E-state index is 3.85. The van der Waals surface area contributed by atoms with Crippen molar-refractivity contribution in [2.24, 2.45) is 0 Å². The zero-order valence-corrected chi connectivity index (χ0v) is 6.00. The molecule has 0 amide bonds. The highest BCUT2D eigenvalue weighted by Crippen LogP contribution is 1.93. The molecule has 1 N–H and O–H groups in total. The molecule has 0 saturated heterocycles. The maximum Gasteiger partial charge on any atom is 0.226 e. The minimum Gasteiger partial charge on any atom is -0.352 e. The van der Waals surface area contributed by atoms with Gasteiger partial charge in [0.1, 0.15) is 6.33 Å². The van der Waals surface area contributed by atoms with Crippen molar-refractivity contribution in [1.29, 1.82) is 0 Å². The molecule has 4 heteroatoms. The molecule has 0 spiro atoms. The summed E-state index contributed by atoms with van der Waals surface area (Å²) in [5.41, 5.74) is 0. The third kappa shape index (κ3) is 1.97. The lowest BCUT2D eigenvalue weighted by molar-refractivity contribution is 0.864. The molecule has 0 atom stereocenters. The molecule has 1 rings (SSSR count). The van der Waals surface area contributed by atoms with Crippen LogP contribution in [0.25, 0.3) is 0 Å². The summed E-state index contributed by atoms with van der Waals surface area (Å²) in [4.78, 5) is 11.2. The lowest BCUT2D eigenvalue weighted by Crippen LogP contribution is -2.12. The van der Waals surface area contributed by atoms with Gasteiger partial charge < -0.3 is 5.32 Å². The second-order valence-corrected chi connectivity index (χ2v) is 2.21. The molecule has 0 bridgehead atoms. The lowest BCUT2D eigenvalue weighted by atomic mass is 10.4. The SMILES string of the molecule is CC(C)Nc1n[c]ncn1. The highest BCUT2D eigenvalue weighted by atomic mass is 15.1. The van der Waals surface area contributed by atoms with Crippen molar-refractivity contribution in [2.45, 2.75) is 19.9 Å². The Morgan fingerprint density at radius 2 is 2.40 bits per heavy atom. The fourth-order valence-electron chi connectivity index (χ4n) is 0.542. The van der Waals surface area contributed by atoms with Crippen LogP contribution in [0.1, 0.15) is 13.8 Å². The summed E-state index contributed by atoms with van der Waals surface area (Å²) < 4.78 is 0. The van der Waals surface area contributed by atoms with Crippen LogP contribution in [-0.2, 0) is 0 Å². The molecule has 0 aliphatic carbocycles. The van der Waals surface area contributed by atoms with E-state index in [0.717, 1.165) is 0 Å². The molecule has 1 radical (unpaired) electrons. The fraction of sp³-hybridized carbons (Fsp3) is 0.500. The molecule has 0 aromatic carbocycles. The molecule has 1 heterocycles. The minimum absolute atomic E-state index is 0.343. The molecule has 0 aliphatic heterocycles. The van der Waals surface area contributed by atoms with Crippen molar-refractivity contribution < 1.29 is 0 Å². The molecule has 0 unspecified atom stereocenters. The monoisotopic (exact) mass is 137 g/mol. The van der Waals surface area contributed by atoms with Gasteiger partial charge >= 0.3 is 0 Å². The summed E-state index contributed by atoms with van der Waals surface area (Å²) in [6, 6.07) is 0.343. The average molecular weight is 137 g/mol. The molecule has 53 valence electrons. The number of hydrogen-bond acceptors (Lipinski definition) is 4. The highest BCUT2D eigenvalue weighted by molar-refractivity contribution is 5.21. The zero-order valence-electron chi connectivity index (χ0n) is 6.00. The van der Waals surface area contributed by atoms with Gasteiger partial charge in [0.15, 0.2) is 0 Å². The number of nitrogens with one attached hydrogen (secondary N) is 1. The fourth-order valence-corrected chi connectivity index (χ4v) is 0.542. The van der Waals surface area contributed by atoms with Gasteiger partial charge in [0.25, 0.3) is 0 Å². The molecule has 0 aliphatic rings. The Bertz CT molecular complexity index is 184. The van der Waals surface area contributed by atoms with Gasteiger partial charge in [-0.1, -0.05) is 0 Å². The van der Waals surface area contributed by atoms with Crippen LogP contribution in [0.2, 0.25) is 0 Å². The van der Waals surface area contributed by atoms with Crippen molar-refractivity contribution in [3.05, 3.63) is 12.7 Å². The Morgan fingerprint density at radius 1 is 1.60 bits per heavy atom. The Labute approximate surface area is 59.7 Å². The third-order valence-electron chi connectivity index (χ3n) is 0.869. The van der Waals surface area contributed by atoms with Gasteiger partial charge in [0.2, 0.25) is 12.3 Å². The topological polar surface area (TPSA) is 50.7 Å². The van der Waals surface area contributed by atoms with Crippen LogP contribution in [0, 0.1) is 6.33 Å². The van der Waals surface area contributed by atoms with Crippen LogP contribution in [0.3, 0.4) is 0 Å². The molecular weight excluding hydrogens is 128 g/mol. The van der Waals surface area contributed by atoms with E-state index >= 15 is 0 Å². The first-order valence-electron chi connectivity index (χ1n) is 3.10. The van der Waals surface area contributed by atoms with Gasteiger partial charge in [-0.15, -0.1) is 0 Å². The summed E-state index contributed by atoms with van der Waals surface area (Å²) in [6.07, 6.45) is 3.86. The Morgan fingerprint density at radius 3 is 2.90 bits per heavy atom. The number of hydrogen-bond donors (Lipinski definition) is 1. The van der Waals surface area contributed by atoms with Gasteiger partial charge in [0.05, 0.1) is 0 Å². The van der Waals surface area contributed by atoms with Crippen LogP contribution < -0.4 is 5.32 Å². The van der Waals surface area contributed by atoms with E-state index in [1.165, 1.54) is 6.33 Å². The first-order chi connectivity index (χ1) is 4.79. The Balaban J connectivity index is 2.59. The van der Waals surface area contributed by atoms with E-state index in [0.29, 0.717) is 12.0 Å². The highest BCUT2D eigenvalue weighted by Gasteiger charge is 1.94. The van der Waals surface area contributed by atoms with E-state index in [9.17, 15) is 0 Å². The van der Waals surface area contributed by atoms with E-state index in [-0.39, 0.29) is 0 Å². The average Bonchev–Trinajstić information content (AvgIpc) is 1.88. The molecular formula is C6H9N4. The van der Waals surface area contributed by atoms with Crippen molar-refractivity contribution in [3.8, 4) is 0 Å². The summed E-state index contributed by atoms with van der Waals surface area (Å²) in [5.74, 6) is 0.574. The van der Waals surface area contributed by atoms with E-state index in [4.69, 9.17) is 0 Å². The smallest absolute Gasteiger partial charge is 0.226 e. The van der Waals surface area contributed by atoms with Gasteiger partial charge in [-0.05, 0) is 13.8 Å². The summed E-state index contributed by atoms with van der Waals surface area (Å²) in [7, 11) is 0. The van der Waals surface area contributed by atoms with Gasteiger partial charge in [-0.2, -0.15) is 4.98 Å². The zero-order chi connectivity index (χ0) is 7.40. The number of nitrogens with zero attached hydrogens (tertiary/aromatic N) is 3. The molecule has 1 aromatic heterocycles. The third-order valence-corrected chi connectivity index (χ3v) is 0.869. The predicted octanol–water partition coefficient (Wildman–Crippen LogP) is 0.492. The molecule has 1 aromatic rings. The number of rotatable bonds is 2. The van der Waals surface area contributed by atoms with Crippen LogP contribution in [0.5, 0.6) is 0 Å². The van der Waals surface area contributed by atoms with Crippen LogP contribution in [-0.4, -0.2) is 21.0 Å². The van der Waals surface area contributed by atoms with Gasteiger partial charge in [0, 0.05) is 6.04 Å². The first kappa shape index (κ1) is 6.92. The Kier molecular flexibility index (Phi) is 2.15. The standard InChI is InChI=1S/C6H9N4/c1-5(2)10-6-8-3-7-4-9-6/h3,5H,1-2H3,(H,7,8,9,10). The minimum atomic E-state index is 0.343. The summed E-state index contributed by atoms with van der Waals surface area (Å²) in [6.45, 7) is 4.04. The molecule has 10 heavy (non-hydrogen) atoms. The number of anilines is 1. The van der Waals surface area contributed by atoms with Crippen LogP contribution in [0.4, 0.5) is 5.95 Å². The largest absolute Gasteiger partial charge is 0.352 e. The van der Waals surface area contributed by atoms with E-state index in [1.54, 1.807) is 0 Å². The molecule has 4 nitrogen and oxygen atoms in total. The van der Waals surface area contributed by atoms with Crippen molar-refractivity contribution in [1.82, 2.24) is 15.0 Å². The first-order valence-corrected chi connectivity index (χ1v) is 3.10. The normalized spacial score (nSPS) is 9.90. The van der Waals surface area contributed by atoms with Crippen molar-refractivity contribution in [2.75, 3.05) is 5.32 Å². The lowest BCUT2D eigenvalue weighted by Gasteiger charge is -2.04. The van der Waals surface area contributed by atoms with Crippen LogP contribution in [0.15, 0.2) is 6.33 Å². The van der Waals surface area contributed by atoms with Crippen LogP contribution >= 0.6 is 0 Å². The Hall–Kier alpha value is -1.19. The molecule has 0 saturated carbocycles. The van der Waals surface area contributed by atoms with E-state index in [2.05, 4.69) is 26.6 Å². The predicted molar refractivity (Wildman–Crippen MR) is 37.4 cm³/mol. The summed E-state index contributed by atoms with van der Waals surface area (Å²) in [5, 5.41) is 3.01. The molecule has 0 fully saturated rings. The second-order valence-electron chi connectivity index (χ2n) is 2.21. The van der Waals surface area contributed by atoms with Gasteiger partial charge in [-0.25, -0.2) is 9.97 Å².